The number of aliphatic carboxylic acids is 1. The first kappa shape index (κ1) is 25.6. The third kappa shape index (κ3) is 10.7. The molecule has 0 aromatic heterocycles. The normalized spacial score (nSPS) is 13.7. The smallest absolute Gasteiger partial charge is 0.326 e. The molecule has 13 heteroatoms. The van der Waals surface area contributed by atoms with Crippen LogP contribution in [0.15, 0.2) is 0 Å². The van der Waals surface area contributed by atoms with Crippen molar-refractivity contribution in [3.63, 3.8) is 0 Å². The number of primary amides is 1. The third-order valence-corrected chi connectivity index (χ3v) is 4.16. The number of carboxylic acids is 1. The molecule has 0 heterocycles. The van der Waals surface area contributed by atoms with Gasteiger partial charge in [-0.15, -0.1) is 0 Å². The Morgan fingerprint density at radius 1 is 1.04 bits per heavy atom. The Morgan fingerprint density at radius 2 is 1.68 bits per heavy atom. The molecule has 0 aromatic rings. The van der Waals surface area contributed by atoms with Crippen LogP contribution in [0, 0.1) is 0 Å². The molecule has 12 nitrogen and oxygen atoms in total. The molecule has 28 heavy (non-hydrogen) atoms. The molecule has 9 N–H and O–H groups in total. The van der Waals surface area contributed by atoms with Gasteiger partial charge in [0.1, 0.15) is 18.1 Å². The van der Waals surface area contributed by atoms with Crippen LogP contribution in [0.4, 0.5) is 0 Å². The molecular weight excluding hydrogens is 394 g/mol. The van der Waals surface area contributed by atoms with Gasteiger partial charge in [0.05, 0.1) is 13.2 Å². The molecule has 0 spiro atoms. The van der Waals surface area contributed by atoms with Crippen LogP contribution in [-0.4, -0.2) is 83.1 Å². The lowest BCUT2D eigenvalue weighted by Crippen LogP contribution is -2.54. The number of rotatable bonds is 14. The summed E-state index contributed by atoms with van der Waals surface area (Å²) in [5.74, 6) is -3.71. The minimum absolute atomic E-state index is 0.141. The summed E-state index contributed by atoms with van der Waals surface area (Å²) in [6.45, 7) is -1.18. The zero-order valence-electron chi connectivity index (χ0n) is 15.5. The van der Waals surface area contributed by atoms with Crippen LogP contribution in [0.5, 0.6) is 0 Å². The summed E-state index contributed by atoms with van der Waals surface area (Å²) in [5, 5.41) is 24.7. The van der Waals surface area contributed by atoms with Crippen LogP contribution < -0.4 is 27.4 Å². The van der Waals surface area contributed by atoms with Crippen molar-refractivity contribution in [3.8, 4) is 0 Å². The Hall–Kier alpha value is -2.38. The third-order valence-electron chi connectivity index (χ3n) is 3.51. The maximum absolute atomic E-state index is 12.2. The van der Waals surface area contributed by atoms with Gasteiger partial charge < -0.3 is 37.6 Å². The second kappa shape index (κ2) is 13.7. The summed E-state index contributed by atoms with van der Waals surface area (Å²) in [5.41, 5.74) is 10.4. The fourth-order valence-corrected chi connectivity index (χ4v) is 2.42. The molecule has 0 rings (SSSR count). The number of aliphatic hydroxyl groups is 1. The van der Waals surface area contributed by atoms with Crippen LogP contribution in [0.25, 0.3) is 0 Å². The molecule has 0 aliphatic heterocycles. The van der Waals surface area contributed by atoms with Crippen molar-refractivity contribution < 1.29 is 34.2 Å². The largest absolute Gasteiger partial charge is 0.480 e. The fourth-order valence-electron chi connectivity index (χ4n) is 1.95. The second-order valence-electron chi connectivity index (χ2n) is 5.81. The van der Waals surface area contributed by atoms with E-state index in [1.54, 1.807) is 6.26 Å². The van der Waals surface area contributed by atoms with E-state index in [0.717, 1.165) is 0 Å². The van der Waals surface area contributed by atoms with Crippen molar-refractivity contribution in [2.75, 3.05) is 25.2 Å². The van der Waals surface area contributed by atoms with Gasteiger partial charge in [-0.05, 0) is 24.9 Å². The number of hydrogen-bond donors (Lipinski definition) is 7. The van der Waals surface area contributed by atoms with Crippen molar-refractivity contribution in [3.05, 3.63) is 0 Å². The zero-order valence-corrected chi connectivity index (χ0v) is 16.3. The number of carbonyl (C=O) groups excluding carboxylic acids is 4. The summed E-state index contributed by atoms with van der Waals surface area (Å²) in [6.07, 6.45) is 1.66. The van der Waals surface area contributed by atoms with Gasteiger partial charge in [0.25, 0.3) is 0 Å². The fraction of sp³-hybridized carbons (Fsp3) is 0.667. The highest BCUT2D eigenvalue weighted by Crippen LogP contribution is 2.01. The van der Waals surface area contributed by atoms with Crippen molar-refractivity contribution in [2.24, 2.45) is 11.5 Å². The standard InChI is InChI=1S/C15H27N5O7S/c1-28-5-4-10(15(26)27)19-12(23)6-18-14(25)9(2-3-11(17)22)20-13(24)8(16)7-21/h8-10,21H,2-7,16H2,1H3,(H2,17,22)(H,18,25)(H,19,23)(H,20,24)(H,26,27). The van der Waals surface area contributed by atoms with Gasteiger partial charge in [0, 0.05) is 6.42 Å². The highest BCUT2D eigenvalue weighted by Gasteiger charge is 2.25. The molecule has 0 saturated heterocycles. The highest BCUT2D eigenvalue weighted by molar-refractivity contribution is 7.98. The van der Waals surface area contributed by atoms with E-state index < -0.39 is 60.9 Å². The van der Waals surface area contributed by atoms with Gasteiger partial charge in [-0.2, -0.15) is 11.8 Å². The monoisotopic (exact) mass is 421 g/mol. The van der Waals surface area contributed by atoms with Gasteiger partial charge in [-0.25, -0.2) is 4.79 Å². The summed E-state index contributed by atoms with van der Waals surface area (Å²) < 4.78 is 0. The van der Waals surface area contributed by atoms with Gasteiger partial charge >= 0.3 is 5.97 Å². The molecule has 0 saturated carbocycles. The van der Waals surface area contributed by atoms with Crippen molar-refractivity contribution >= 4 is 41.4 Å². The minimum Gasteiger partial charge on any atom is -0.480 e. The highest BCUT2D eigenvalue weighted by atomic mass is 32.2. The number of amides is 4. The van der Waals surface area contributed by atoms with Gasteiger partial charge in [-0.1, -0.05) is 0 Å². The Morgan fingerprint density at radius 3 is 2.18 bits per heavy atom. The Balaban J connectivity index is 4.77. The average Bonchev–Trinajstić information content (AvgIpc) is 2.64. The van der Waals surface area contributed by atoms with Crippen LogP contribution in [0.3, 0.4) is 0 Å². The van der Waals surface area contributed by atoms with Crippen LogP contribution in [0.2, 0.25) is 0 Å². The Kier molecular flexibility index (Phi) is 12.6. The van der Waals surface area contributed by atoms with Crippen LogP contribution >= 0.6 is 11.8 Å². The molecular formula is C15H27N5O7S. The molecule has 3 atom stereocenters. The first-order valence-corrected chi connectivity index (χ1v) is 9.75. The zero-order chi connectivity index (χ0) is 21.7. The quantitative estimate of drug-likeness (QED) is 0.148. The number of carbonyl (C=O) groups is 5. The SMILES string of the molecule is CSCCC(NC(=O)CNC(=O)C(CCC(N)=O)NC(=O)C(N)CO)C(=O)O. The molecule has 0 aliphatic rings. The Labute approximate surface area is 166 Å². The number of thioether (sulfide) groups is 1. The van der Waals surface area contributed by atoms with Crippen LogP contribution in [-0.2, 0) is 24.0 Å². The molecule has 0 bridgehead atoms. The average molecular weight is 421 g/mol. The van der Waals surface area contributed by atoms with E-state index in [9.17, 15) is 24.0 Å². The lowest BCUT2D eigenvalue weighted by Gasteiger charge is -2.20. The van der Waals surface area contributed by atoms with Gasteiger partial charge in [-0.3, -0.25) is 19.2 Å². The number of aliphatic hydroxyl groups excluding tert-OH is 1. The number of nitrogens with two attached hydrogens (primary N) is 2. The van der Waals surface area contributed by atoms with Crippen LogP contribution in [0.1, 0.15) is 19.3 Å². The topological polar surface area (TPSA) is 214 Å². The first-order valence-electron chi connectivity index (χ1n) is 8.36. The lowest BCUT2D eigenvalue weighted by molar-refractivity contribution is -0.141. The number of hydrogen-bond acceptors (Lipinski definition) is 8. The van der Waals surface area contributed by atoms with E-state index in [-0.39, 0.29) is 19.3 Å². The summed E-state index contributed by atoms with van der Waals surface area (Å²) in [6, 6.07) is -3.57. The predicted molar refractivity (Wildman–Crippen MR) is 101 cm³/mol. The van der Waals surface area contributed by atoms with Crippen molar-refractivity contribution in [1.29, 1.82) is 0 Å². The van der Waals surface area contributed by atoms with E-state index in [2.05, 4.69) is 16.0 Å². The first-order chi connectivity index (χ1) is 13.1. The van der Waals surface area contributed by atoms with E-state index in [1.807, 2.05) is 0 Å². The molecule has 0 aromatic carbocycles. The summed E-state index contributed by atoms with van der Waals surface area (Å²) in [7, 11) is 0. The molecule has 160 valence electrons. The van der Waals surface area contributed by atoms with Crippen molar-refractivity contribution in [2.45, 2.75) is 37.4 Å². The molecule has 0 fully saturated rings. The Bertz CT molecular complexity index is 575. The lowest BCUT2D eigenvalue weighted by atomic mass is 10.1. The van der Waals surface area contributed by atoms with E-state index >= 15 is 0 Å². The molecule has 3 unspecified atom stereocenters. The van der Waals surface area contributed by atoms with E-state index in [4.69, 9.17) is 21.7 Å². The van der Waals surface area contributed by atoms with E-state index in [1.165, 1.54) is 11.8 Å². The van der Waals surface area contributed by atoms with E-state index in [0.29, 0.717) is 5.75 Å². The van der Waals surface area contributed by atoms with Gasteiger partial charge in [0.15, 0.2) is 0 Å². The van der Waals surface area contributed by atoms with Gasteiger partial charge in [0.2, 0.25) is 23.6 Å². The molecule has 0 aliphatic carbocycles. The summed E-state index contributed by atoms with van der Waals surface area (Å²) in [4.78, 5) is 57.9. The maximum atomic E-state index is 12.2. The second-order valence-corrected chi connectivity index (χ2v) is 6.80. The maximum Gasteiger partial charge on any atom is 0.326 e. The number of carboxylic acid groups (broad SMARTS) is 1. The number of nitrogens with one attached hydrogen (secondary N) is 3. The predicted octanol–water partition coefficient (Wildman–Crippen LogP) is -3.50. The molecule has 0 radical (unpaired) electrons. The minimum atomic E-state index is -1.26. The van der Waals surface area contributed by atoms with Crippen molar-refractivity contribution in [1.82, 2.24) is 16.0 Å². The molecule has 4 amide bonds. The summed E-state index contributed by atoms with van der Waals surface area (Å²) >= 11 is 1.42.